The second kappa shape index (κ2) is 6.87. The van der Waals surface area contributed by atoms with Gasteiger partial charge in [-0.3, -0.25) is 14.5 Å². The van der Waals surface area contributed by atoms with Crippen LogP contribution in [-0.4, -0.2) is 38.4 Å². The molecule has 0 unspecified atom stereocenters. The molecule has 5 nitrogen and oxygen atoms in total. The fourth-order valence-electron chi connectivity index (χ4n) is 3.78. The number of pyridine rings is 1. The maximum absolute atomic E-state index is 12.1. The van der Waals surface area contributed by atoms with E-state index < -0.39 is 9.96 Å². The van der Waals surface area contributed by atoms with Crippen LogP contribution in [0.3, 0.4) is 0 Å². The molecule has 3 heterocycles. The first kappa shape index (κ1) is 18.1. The Morgan fingerprint density at radius 1 is 1.33 bits per heavy atom. The number of fused-ring (bicyclic) bond motifs is 4. The second-order valence-electron chi connectivity index (χ2n) is 6.52. The van der Waals surface area contributed by atoms with Gasteiger partial charge in [0, 0.05) is 43.7 Å². The average molecular weight is 393 g/mol. The number of nitrogens with one attached hydrogen (secondary N) is 1. The van der Waals surface area contributed by atoms with Gasteiger partial charge >= 0.3 is 0 Å². The number of halogens is 3. The predicted molar refractivity (Wildman–Crippen MR) is 95.6 cm³/mol. The van der Waals surface area contributed by atoms with Crippen molar-refractivity contribution < 1.29 is 4.79 Å². The third-order valence-electron chi connectivity index (χ3n) is 4.80. The summed E-state index contributed by atoms with van der Waals surface area (Å²) in [6.07, 6.45) is 0.659. The summed E-state index contributed by atoms with van der Waals surface area (Å²) in [5.41, 5.74) is 1.06. The van der Waals surface area contributed by atoms with Gasteiger partial charge in [0.25, 0.3) is 5.56 Å². The number of likely N-dealkylation sites (tertiary alicyclic amines) is 1. The monoisotopic (exact) mass is 391 g/mol. The van der Waals surface area contributed by atoms with Gasteiger partial charge in [-0.2, -0.15) is 0 Å². The summed E-state index contributed by atoms with van der Waals surface area (Å²) in [5.74, 6) is 0.336. The zero-order valence-corrected chi connectivity index (χ0v) is 15.6. The molecule has 0 aliphatic carbocycles. The van der Waals surface area contributed by atoms with Gasteiger partial charge in [0.05, 0.1) is 0 Å². The molecule has 0 radical (unpaired) electrons. The number of carbonyl (C=O) groups excluding carboxylic acids is 1. The molecule has 2 bridgehead atoms. The van der Waals surface area contributed by atoms with Crippen LogP contribution in [0.2, 0.25) is 0 Å². The van der Waals surface area contributed by atoms with Crippen molar-refractivity contribution in [3.05, 3.63) is 34.2 Å². The highest BCUT2D eigenvalue weighted by atomic mass is 35.6. The molecule has 132 valence electrons. The van der Waals surface area contributed by atoms with Crippen molar-refractivity contribution in [3.8, 4) is 0 Å². The van der Waals surface area contributed by atoms with E-state index in [1.165, 1.54) is 0 Å². The lowest BCUT2D eigenvalue weighted by Crippen LogP contribution is -2.60. The molecule has 8 heteroatoms. The van der Waals surface area contributed by atoms with Crippen molar-refractivity contribution in [1.29, 1.82) is 0 Å². The third-order valence-corrected chi connectivity index (χ3v) is 5.42. The van der Waals surface area contributed by atoms with Crippen molar-refractivity contribution in [2.75, 3.05) is 13.1 Å². The highest BCUT2D eigenvalue weighted by molar-refractivity contribution is 6.68. The first-order valence-electron chi connectivity index (χ1n) is 8.09. The Labute approximate surface area is 155 Å². The smallest absolute Gasteiger partial charge is 0.250 e. The van der Waals surface area contributed by atoms with Crippen molar-refractivity contribution in [1.82, 2.24) is 14.8 Å². The van der Waals surface area contributed by atoms with Crippen LogP contribution < -0.4 is 10.9 Å². The maximum Gasteiger partial charge on any atom is 0.250 e. The van der Waals surface area contributed by atoms with E-state index in [2.05, 4.69) is 5.32 Å². The van der Waals surface area contributed by atoms with E-state index in [9.17, 15) is 9.59 Å². The van der Waals surface area contributed by atoms with Gasteiger partial charge in [-0.25, -0.2) is 0 Å². The van der Waals surface area contributed by atoms with Crippen LogP contribution >= 0.6 is 34.8 Å². The molecule has 0 aromatic carbocycles. The van der Waals surface area contributed by atoms with Gasteiger partial charge in [0.15, 0.2) is 0 Å². The largest absolute Gasteiger partial charge is 0.337 e. The average Bonchev–Trinajstić information content (AvgIpc) is 2.52. The Bertz CT molecular complexity index is 686. The number of carbonyl (C=O) groups is 1. The lowest BCUT2D eigenvalue weighted by molar-refractivity contribution is -0.123. The summed E-state index contributed by atoms with van der Waals surface area (Å²) in [5, 5.41) is 2.82. The summed E-state index contributed by atoms with van der Waals surface area (Å²) in [6, 6.07) is 5.37. The van der Waals surface area contributed by atoms with Crippen LogP contribution in [0.1, 0.15) is 31.4 Å². The molecule has 2 aliphatic rings. The molecule has 2 aliphatic heterocycles. The van der Waals surface area contributed by atoms with E-state index in [1.54, 1.807) is 19.1 Å². The number of hydrogen-bond acceptors (Lipinski definition) is 3. The van der Waals surface area contributed by atoms with Crippen LogP contribution in [-0.2, 0) is 11.3 Å². The zero-order chi connectivity index (χ0) is 17.5. The quantitative estimate of drug-likeness (QED) is 0.804. The van der Waals surface area contributed by atoms with E-state index in [0.29, 0.717) is 32.0 Å². The standard InChI is InChI=1S/C16H20Cl3N3O2/c1-2-13(23)20-15(16(17,18)19)21-7-10-6-11(9-21)12-4-3-5-14(24)22(12)8-10/h3-5,10-11,15H,2,6-9H2,1H3,(H,20,23)/t10-,11-,15+/m1/s1. The van der Waals surface area contributed by atoms with Crippen molar-refractivity contribution >= 4 is 40.7 Å². The maximum atomic E-state index is 12.1. The number of alkyl halides is 3. The molecule has 0 saturated carbocycles. The van der Waals surface area contributed by atoms with Gasteiger partial charge in [-0.15, -0.1) is 0 Å². The van der Waals surface area contributed by atoms with Crippen molar-refractivity contribution in [3.63, 3.8) is 0 Å². The molecular weight excluding hydrogens is 373 g/mol. The summed E-state index contributed by atoms with van der Waals surface area (Å²) in [7, 11) is 0. The minimum atomic E-state index is -1.62. The zero-order valence-electron chi connectivity index (χ0n) is 13.3. The lowest BCUT2D eigenvalue weighted by atomic mass is 9.83. The fraction of sp³-hybridized carbons (Fsp3) is 0.625. The minimum Gasteiger partial charge on any atom is -0.337 e. The summed E-state index contributed by atoms with van der Waals surface area (Å²) < 4.78 is 0.234. The van der Waals surface area contributed by atoms with E-state index in [-0.39, 0.29) is 17.4 Å². The Morgan fingerprint density at radius 3 is 2.75 bits per heavy atom. The van der Waals surface area contributed by atoms with Crippen LogP contribution in [0.15, 0.2) is 23.0 Å². The van der Waals surface area contributed by atoms with Crippen LogP contribution in [0.4, 0.5) is 0 Å². The van der Waals surface area contributed by atoms with Crippen molar-refractivity contribution in [2.24, 2.45) is 5.92 Å². The van der Waals surface area contributed by atoms with Gasteiger partial charge in [0.2, 0.25) is 9.70 Å². The number of nitrogens with zero attached hydrogens (tertiary/aromatic N) is 2. The Kier molecular flexibility index (Phi) is 5.17. The van der Waals surface area contributed by atoms with Crippen LogP contribution in [0, 0.1) is 5.92 Å². The Hall–Kier alpha value is -0.750. The SMILES string of the molecule is CCC(=O)N[C@@H](N1C[C@H]2C[C@H](C1)c1cccc(=O)n1C2)C(Cl)(Cl)Cl. The minimum absolute atomic E-state index is 0.0351. The molecule has 1 aromatic heterocycles. The Morgan fingerprint density at radius 2 is 2.08 bits per heavy atom. The molecule has 1 amide bonds. The summed E-state index contributed by atoms with van der Waals surface area (Å²) in [4.78, 5) is 26.0. The molecule has 24 heavy (non-hydrogen) atoms. The van der Waals surface area contributed by atoms with Gasteiger partial charge in [0.1, 0.15) is 6.17 Å². The van der Waals surface area contributed by atoms with E-state index in [0.717, 1.165) is 12.1 Å². The Balaban J connectivity index is 1.87. The molecule has 1 N–H and O–H groups in total. The van der Waals surface area contributed by atoms with Gasteiger partial charge in [-0.05, 0) is 18.4 Å². The number of amides is 1. The molecule has 3 rings (SSSR count). The number of aromatic nitrogens is 1. The molecule has 1 fully saturated rings. The summed E-state index contributed by atoms with van der Waals surface area (Å²) >= 11 is 18.4. The predicted octanol–water partition coefficient (Wildman–Crippen LogP) is 2.49. The first-order chi connectivity index (χ1) is 11.3. The first-order valence-corrected chi connectivity index (χ1v) is 9.23. The lowest BCUT2D eigenvalue weighted by Gasteiger charge is -2.47. The fourth-order valence-corrected chi connectivity index (χ4v) is 4.36. The second-order valence-corrected chi connectivity index (χ2v) is 8.89. The molecule has 1 aromatic rings. The van der Waals surface area contributed by atoms with Gasteiger partial charge < -0.3 is 9.88 Å². The normalized spacial score (nSPS) is 25.0. The van der Waals surface area contributed by atoms with Crippen LogP contribution in [0.25, 0.3) is 0 Å². The van der Waals surface area contributed by atoms with Crippen molar-refractivity contribution in [2.45, 2.75) is 42.2 Å². The summed E-state index contributed by atoms with van der Waals surface area (Å²) in [6.45, 7) is 3.75. The molecule has 1 saturated heterocycles. The van der Waals surface area contributed by atoms with Crippen LogP contribution in [0.5, 0.6) is 0 Å². The van der Waals surface area contributed by atoms with E-state index in [4.69, 9.17) is 34.8 Å². The number of piperidine rings is 1. The highest BCUT2D eigenvalue weighted by Crippen LogP contribution is 2.39. The van der Waals surface area contributed by atoms with Gasteiger partial charge in [-0.1, -0.05) is 47.8 Å². The number of hydrogen-bond donors (Lipinski definition) is 1. The molecule has 3 atom stereocenters. The topological polar surface area (TPSA) is 54.3 Å². The highest BCUT2D eigenvalue weighted by Gasteiger charge is 2.43. The van der Waals surface area contributed by atoms with E-state index >= 15 is 0 Å². The van der Waals surface area contributed by atoms with E-state index in [1.807, 2.05) is 15.5 Å². The third kappa shape index (κ3) is 3.59. The molecule has 0 spiro atoms. The number of rotatable bonds is 3. The molecular formula is C16H20Cl3N3O2.